The molecule has 5 nitrogen and oxygen atoms in total. The SMILES string of the molecule is COc1c(/C=C/N(O)OC)cccc1OCc1ccccc1. The lowest BCUT2D eigenvalue weighted by Crippen LogP contribution is -2.08. The maximum Gasteiger partial charge on any atom is 0.168 e. The highest BCUT2D eigenvalue weighted by molar-refractivity contribution is 5.62. The van der Waals surface area contributed by atoms with E-state index < -0.39 is 0 Å². The van der Waals surface area contributed by atoms with Crippen molar-refractivity contribution in [3.05, 3.63) is 65.9 Å². The predicted molar refractivity (Wildman–Crippen MR) is 83.4 cm³/mol. The number of benzene rings is 2. The largest absolute Gasteiger partial charge is 0.492 e. The Labute approximate surface area is 129 Å². The molecule has 0 saturated heterocycles. The lowest BCUT2D eigenvalue weighted by molar-refractivity contribution is -0.288. The van der Waals surface area contributed by atoms with Gasteiger partial charge in [0.05, 0.1) is 20.4 Å². The smallest absolute Gasteiger partial charge is 0.168 e. The topological polar surface area (TPSA) is 51.2 Å². The molecule has 22 heavy (non-hydrogen) atoms. The summed E-state index contributed by atoms with van der Waals surface area (Å²) in [5, 5.41) is 9.86. The molecule has 1 N–H and O–H groups in total. The Hall–Kier alpha value is -2.50. The van der Waals surface area contributed by atoms with Crippen molar-refractivity contribution in [2.75, 3.05) is 14.2 Å². The van der Waals surface area contributed by atoms with E-state index in [-0.39, 0.29) is 0 Å². The van der Waals surface area contributed by atoms with Gasteiger partial charge in [-0.15, -0.1) is 5.23 Å². The van der Waals surface area contributed by atoms with Crippen LogP contribution in [0.15, 0.2) is 54.7 Å². The highest BCUT2D eigenvalue weighted by Crippen LogP contribution is 2.32. The van der Waals surface area contributed by atoms with E-state index in [0.29, 0.717) is 23.3 Å². The van der Waals surface area contributed by atoms with Gasteiger partial charge in [0.25, 0.3) is 0 Å². The van der Waals surface area contributed by atoms with Gasteiger partial charge in [-0.1, -0.05) is 42.5 Å². The first-order valence-corrected chi connectivity index (χ1v) is 6.78. The Morgan fingerprint density at radius 2 is 1.82 bits per heavy atom. The second-order valence-electron chi connectivity index (χ2n) is 4.45. The van der Waals surface area contributed by atoms with Crippen molar-refractivity contribution in [1.29, 1.82) is 0 Å². The minimum absolute atomic E-state index is 0.453. The van der Waals surface area contributed by atoms with Crippen molar-refractivity contribution in [1.82, 2.24) is 5.23 Å². The molecule has 0 unspecified atom stereocenters. The van der Waals surface area contributed by atoms with Gasteiger partial charge in [0, 0.05) is 5.56 Å². The molecular formula is C17H19NO4. The predicted octanol–water partition coefficient (Wildman–Crippen LogP) is 3.50. The summed E-state index contributed by atoms with van der Waals surface area (Å²) in [6.45, 7) is 0.453. The molecule has 2 aromatic rings. The summed E-state index contributed by atoms with van der Waals surface area (Å²) in [6.07, 6.45) is 3.04. The lowest BCUT2D eigenvalue weighted by Gasteiger charge is -2.13. The summed E-state index contributed by atoms with van der Waals surface area (Å²) < 4.78 is 11.2. The van der Waals surface area contributed by atoms with Crippen LogP contribution < -0.4 is 9.47 Å². The first-order valence-electron chi connectivity index (χ1n) is 6.78. The van der Waals surface area contributed by atoms with Crippen molar-refractivity contribution in [2.45, 2.75) is 6.61 Å². The molecule has 0 saturated carbocycles. The van der Waals surface area contributed by atoms with Crippen molar-refractivity contribution in [2.24, 2.45) is 0 Å². The van der Waals surface area contributed by atoms with Gasteiger partial charge in [0.1, 0.15) is 6.61 Å². The highest BCUT2D eigenvalue weighted by Gasteiger charge is 2.08. The van der Waals surface area contributed by atoms with E-state index in [2.05, 4.69) is 4.84 Å². The molecule has 0 spiro atoms. The number of para-hydroxylation sites is 1. The Morgan fingerprint density at radius 1 is 1.05 bits per heavy atom. The summed E-state index contributed by atoms with van der Waals surface area (Å²) in [5.41, 5.74) is 1.84. The number of hydroxylamine groups is 2. The number of rotatable bonds is 7. The van der Waals surface area contributed by atoms with Gasteiger partial charge >= 0.3 is 0 Å². The Balaban J connectivity index is 2.16. The van der Waals surface area contributed by atoms with Crippen LogP contribution in [-0.2, 0) is 11.4 Å². The van der Waals surface area contributed by atoms with Gasteiger partial charge in [-0.05, 0) is 17.7 Å². The van der Waals surface area contributed by atoms with E-state index in [1.807, 2.05) is 48.5 Å². The Bertz CT molecular complexity index is 613. The summed E-state index contributed by atoms with van der Waals surface area (Å²) in [4.78, 5) is 4.61. The standard InChI is InChI=1S/C17H19NO4/c1-20-17-15(11-12-18(19)21-2)9-6-10-16(17)22-13-14-7-4-3-5-8-14/h3-12,19H,13H2,1-2H3/b12-11+. The monoisotopic (exact) mass is 301 g/mol. The van der Waals surface area contributed by atoms with E-state index in [1.54, 1.807) is 13.2 Å². The van der Waals surface area contributed by atoms with Crippen LogP contribution in [0.3, 0.4) is 0 Å². The van der Waals surface area contributed by atoms with Gasteiger partial charge in [-0.25, -0.2) is 0 Å². The lowest BCUT2D eigenvalue weighted by atomic mass is 10.2. The van der Waals surface area contributed by atoms with E-state index in [4.69, 9.17) is 9.47 Å². The minimum Gasteiger partial charge on any atom is -0.492 e. The van der Waals surface area contributed by atoms with Crippen LogP contribution in [0.4, 0.5) is 0 Å². The summed E-state index contributed by atoms with van der Waals surface area (Å²) in [6, 6.07) is 15.4. The van der Waals surface area contributed by atoms with Crippen molar-refractivity contribution >= 4 is 6.08 Å². The molecule has 2 rings (SSSR count). The molecule has 2 aromatic carbocycles. The number of ether oxygens (including phenoxy) is 2. The van der Waals surface area contributed by atoms with Crippen LogP contribution in [-0.4, -0.2) is 24.7 Å². The maximum atomic E-state index is 9.26. The van der Waals surface area contributed by atoms with Crippen LogP contribution in [0, 0.1) is 0 Å². The van der Waals surface area contributed by atoms with Gasteiger partial charge in [0.2, 0.25) is 0 Å². The molecule has 0 atom stereocenters. The second kappa shape index (κ2) is 8.07. The molecule has 0 fully saturated rings. The molecule has 0 aliphatic carbocycles. The molecular weight excluding hydrogens is 282 g/mol. The quantitative estimate of drug-likeness (QED) is 0.793. The van der Waals surface area contributed by atoms with E-state index >= 15 is 0 Å². The summed E-state index contributed by atoms with van der Waals surface area (Å²) in [7, 11) is 2.94. The number of hydrogen-bond donors (Lipinski definition) is 1. The third-order valence-corrected chi connectivity index (χ3v) is 3.02. The van der Waals surface area contributed by atoms with E-state index in [9.17, 15) is 5.21 Å². The Morgan fingerprint density at radius 3 is 2.50 bits per heavy atom. The number of nitrogens with zero attached hydrogens (tertiary/aromatic N) is 1. The van der Waals surface area contributed by atoms with Crippen LogP contribution in [0.25, 0.3) is 6.08 Å². The molecule has 0 bridgehead atoms. The van der Waals surface area contributed by atoms with Gasteiger partial charge < -0.3 is 9.47 Å². The zero-order valence-corrected chi connectivity index (χ0v) is 12.6. The first kappa shape index (κ1) is 15.9. The highest BCUT2D eigenvalue weighted by atomic mass is 16.9. The fourth-order valence-corrected chi connectivity index (χ4v) is 1.94. The first-order chi connectivity index (χ1) is 10.7. The van der Waals surface area contributed by atoms with Crippen LogP contribution in [0.2, 0.25) is 0 Å². The van der Waals surface area contributed by atoms with E-state index in [0.717, 1.165) is 11.1 Å². The van der Waals surface area contributed by atoms with Crippen molar-refractivity contribution < 1.29 is 19.5 Å². The van der Waals surface area contributed by atoms with Gasteiger partial charge in [-0.3, -0.25) is 10.0 Å². The van der Waals surface area contributed by atoms with Crippen LogP contribution >= 0.6 is 0 Å². The molecule has 0 amide bonds. The minimum atomic E-state index is 0.453. The summed E-state index contributed by atoms with van der Waals surface area (Å²) in [5.74, 6) is 1.23. The zero-order valence-electron chi connectivity index (χ0n) is 12.6. The van der Waals surface area contributed by atoms with Crippen molar-refractivity contribution in [3.8, 4) is 11.5 Å². The van der Waals surface area contributed by atoms with Gasteiger partial charge in [-0.2, -0.15) is 0 Å². The maximum absolute atomic E-state index is 9.26. The molecule has 116 valence electrons. The van der Waals surface area contributed by atoms with E-state index in [1.165, 1.54) is 13.3 Å². The van der Waals surface area contributed by atoms with Crippen molar-refractivity contribution in [3.63, 3.8) is 0 Å². The second-order valence-corrected chi connectivity index (χ2v) is 4.45. The normalized spacial score (nSPS) is 10.7. The third-order valence-electron chi connectivity index (χ3n) is 3.02. The number of hydrogen-bond acceptors (Lipinski definition) is 5. The van der Waals surface area contributed by atoms with Crippen LogP contribution in [0.5, 0.6) is 11.5 Å². The third kappa shape index (κ3) is 4.25. The fourth-order valence-electron chi connectivity index (χ4n) is 1.94. The molecule has 0 radical (unpaired) electrons. The average Bonchev–Trinajstić information content (AvgIpc) is 2.58. The molecule has 0 aliphatic rings. The Kier molecular flexibility index (Phi) is 5.82. The fraction of sp³-hybridized carbons (Fsp3) is 0.176. The molecule has 0 heterocycles. The van der Waals surface area contributed by atoms with Gasteiger partial charge in [0.15, 0.2) is 11.5 Å². The number of methoxy groups -OCH3 is 1. The molecule has 5 heteroatoms. The molecule has 0 aromatic heterocycles. The zero-order chi connectivity index (χ0) is 15.8. The van der Waals surface area contributed by atoms with Crippen LogP contribution in [0.1, 0.15) is 11.1 Å². The summed E-state index contributed by atoms with van der Waals surface area (Å²) >= 11 is 0. The molecule has 0 aliphatic heterocycles. The average molecular weight is 301 g/mol.